The molecule has 4 rings (SSSR count). The van der Waals surface area contributed by atoms with E-state index in [4.69, 9.17) is 15.1 Å². The first kappa shape index (κ1) is 24.0. The third-order valence-corrected chi connectivity index (χ3v) is 6.00. The molecule has 0 bridgehead atoms. The molecule has 0 aliphatic rings. The third kappa shape index (κ3) is 5.66. The molecule has 0 unspecified atom stereocenters. The number of nitrogen functional groups attached to an aromatic ring is 1. The third-order valence-electron chi connectivity index (χ3n) is 4.98. The second-order valence-electron chi connectivity index (χ2n) is 7.47. The fourth-order valence-electron chi connectivity index (χ4n) is 3.11. The van der Waals surface area contributed by atoms with Crippen LogP contribution in [0.15, 0.2) is 63.2 Å². The van der Waals surface area contributed by atoms with Gasteiger partial charge in [-0.05, 0) is 73.0 Å². The quantitative estimate of drug-likeness (QED) is 0.204. The van der Waals surface area contributed by atoms with Crippen molar-refractivity contribution in [2.75, 3.05) is 12.3 Å². The van der Waals surface area contributed by atoms with E-state index in [0.29, 0.717) is 23.8 Å². The number of aryl methyl sites for hydroxylation is 1. The molecule has 11 nitrogen and oxygen atoms in total. The molecule has 0 saturated carbocycles. The number of carbonyl (C=O) groups is 1. The SMILES string of the molecule is CCOc1ccc(C(C)=NNC(=O)c2nnn(-c3nonc3N)c2CSc2ccc(C)cc2)cc1. The predicted octanol–water partition coefficient (Wildman–Crippen LogP) is 3.39. The molecular formula is C23H24N8O3S. The van der Waals surface area contributed by atoms with E-state index in [-0.39, 0.29) is 17.3 Å². The summed E-state index contributed by atoms with van der Waals surface area (Å²) in [6.45, 7) is 6.33. The van der Waals surface area contributed by atoms with Gasteiger partial charge in [-0.3, -0.25) is 4.79 Å². The fourth-order valence-corrected chi connectivity index (χ4v) is 4.00. The molecule has 0 atom stereocenters. The molecule has 35 heavy (non-hydrogen) atoms. The van der Waals surface area contributed by atoms with Crippen LogP contribution < -0.4 is 15.9 Å². The summed E-state index contributed by atoms with van der Waals surface area (Å²) in [5.41, 5.74) is 11.6. The minimum atomic E-state index is -0.518. The van der Waals surface area contributed by atoms with Crippen LogP contribution in [0.1, 0.15) is 41.2 Å². The van der Waals surface area contributed by atoms with Gasteiger partial charge in [0.1, 0.15) is 5.75 Å². The zero-order chi connectivity index (χ0) is 24.8. The summed E-state index contributed by atoms with van der Waals surface area (Å²) in [7, 11) is 0. The monoisotopic (exact) mass is 492 g/mol. The van der Waals surface area contributed by atoms with Gasteiger partial charge >= 0.3 is 0 Å². The number of benzene rings is 2. The Bertz CT molecular complexity index is 1330. The van der Waals surface area contributed by atoms with E-state index in [9.17, 15) is 4.79 Å². The van der Waals surface area contributed by atoms with Gasteiger partial charge in [-0.1, -0.05) is 22.9 Å². The van der Waals surface area contributed by atoms with Crippen LogP contribution in [0.25, 0.3) is 5.82 Å². The Labute approximate surface area is 205 Å². The number of hydrogen-bond donors (Lipinski definition) is 2. The molecule has 2 heterocycles. The molecule has 0 saturated heterocycles. The van der Waals surface area contributed by atoms with Crippen molar-refractivity contribution in [2.24, 2.45) is 5.10 Å². The highest BCUT2D eigenvalue weighted by Gasteiger charge is 2.24. The number of ether oxygens (including phenoxy) is 1. The maximum atomic E-state index is 13.0. The smallest absolute Gasteiger partial charge is 0.293 e. The highest BCUT2D eigenvalue weighted by molar-refractivity contribution is 7.98. The van der Waals surface area contributed by atoms with Gasteiger partial charge in [0.2, 0.25) is 11.6 Å². The van der Waals surface area contributed by atoms with Crippen LogP contribution in [0, 0.1) is 6.92 Å². The Morgan fingerprint density at radius 3 is 2.57 bits per heavy atom. The summed E-state index contributed by atoms with van der Waals surface area (Å²) in [6, 6.07) is 15.5. The maximum absolute atomic E-state index is 13.0. The van der Waals surface area contributed by atoms with Crippen LogP contribution in [-0.2, 0) is 5.75 Å². The van der Waals surface area contributed by atoms with Crippen molar-refractivity contribution in [2.45, 2.75) is 31.4 Å². The average molecular weight is 493 g/mol. The van der Waals surface area contributed by atoms with E-state index < -0.39 is 5.91 Å². The number of amides is 1. The summed E-state index contributed by atoms with van der Waals surface area (Å²) in [5.74, 6) is 0.809. The minimum Gasteiger partial charge on any atom is -0.494 e. The largest absolute Gasteiger partial charge is 0.494 e. The highest BCUT2D eigenvalue weighted by atomic mass is 32.2. The van der Waals surface area contributed by atoms with E-state index in [1.165, 1.54) is 16.4 Å². The number of hydrogen-bond acceptors (Lipinski definition) is 10. The van der Waals surface area contributed by atoms with Crippen LogP contribution in [0.3, 0.4) is 0 Å². The molecule has 4 aromatic rings. The first-order valence-corrected chi connectivity index (χ1v) is 11.7. The van der Waals surface area contributed by atoms with Crippen molar-refractivity contribution in [3.8, 4) is 11.6 Å². The number of thioether (sulfide) groups is 1. The zero-order valence-corrected chi connectivity index (χ0v) is 20.2. The van der Waals surface area contributed by atoms with Crippen molar-refractivity contribution in [3.05, 3.63) is 71.0 Å². The molecular weight excluding hydrogens is 468 g/mol. The molecule has 0 spiro atoms. The fraction of sp³-hybridized carbons (Fsp3) is 0.217. The van der Waals surface area contributed by atoms with Gasteiger partial charge in [0.05, 0.1) is 18.0 Å². The lowest BCUT2D eigenvalue weighted by molar-refractivity contribution is 0.0949. The number of aromatic nitrogens is 5. The molecule has 12 heteroatoms. The molecule has 0 aliphatic carbocycles. The maximum Gasteiger partial charge on any atom is 0.293 e. The summed E-state index contributed by atoms with van der Waals surface area (Å²) < 4.78 is 11.5. The zero-order valence-electron chi connectivity index (χ0n) is 19.4. The number of nitrogens with zero attached hydrogens (tertiary/aromatic N) is 6. The van der Waals surface area contributed by atoms with E-state index in [1.54, 1.807) is 6.92 Å². The summed E-state index contributed by atoms with van der Waals surface area (Å²) in [6.07, 6.45) is 0. The normalized spacial score (nSPS) is 11.5. The Morgan fingerprint density at radius 2 is 1.91 bits per heavy atom. The number of hydrazone groups is 1. The Kier molecular flexibility index (Phi) is 7.41. The minimum absolute atomic E-state index is 0.0350. The predicted molar refractivity (Wildman–Crippen MR) is 132 cm³/mol. The lowest BCUT2D eigenvalue weighted by Crippen LogP contribution is -2.21. The average Bonchev–Trinajstić information content (AvgIpc) is 3.48. The number of nitrogens with one attached hydrogen (secondary N) is 1. The van der Waals surface area contributed by atoms with Crippen LogP contribution in [0.4, 0.5) is 5.82 Å². The Hall–Kier alpha value is -4.19. The van der Waals surface area contributed by atoms with E-state index in [2.05, 4.69) is 31.2 Å². The van der Waals surface area contributed by atoms with E-state index in [0.717, 1.165) is 21.8 Å². The standard InChI is InChI=1S/C23H24N8O3S/c1-4-33-17-9-7-16(8-10-17)15(3)25-27-23(32)20-19(13-35-18-11-5-14(2)6-12-18)31(30-26-20)22-21(24)28-34-29-22/h5-12H,4,13H2,1-3H3,(H2,24,28)(H,27,32). The first-order chi connectivity index (χ1) is 17.0. The van der Waals surface area contributed by atoms with Crippen LogP contribution in [0.5, 0.6) is 5.75 Å². The van der Waals surface area contributed by atoms with E-state index in [1.807, 2.05) is 62.4 Å². The summed E-state index contributed by atoms with van der Waals surface area (Å²) in [5, 5.41) is 19.7. The molecule has 2 aromatic carbocycles. The van der Waals surface area contributed by atoms with Gasteiger partial charge in [-0.2, -0.15) is 9.78 Å². The lowest BCUT2D eigenvalue weighted by Gasteiger charge is -2.07. The van der Waals surface area contributed by atoms with Gasteiger partial charge in [-0.15, -0.1) is 16.9 Å². The second-order valence-corrected chi connectivity index (χ2v) is 8.52. The molecule has 2 aromatic heterocycles. The Morgan fingerprint density at radius 1 is 1.17 bits per heavy atom. The van der Waals surface area contributed by atoms with Crippen molar-refractivity contribution in [1.29, 1.82) is 0 Å². The molecule has 0 fully saturated rings. The van der Waals surface area contributed by atoms with Crippen molar-refractivity contribution >= 4 is 29.2 Å². The number of anilines is 1. The molecule has 1 amide bonds. The molecule has 3 N–H and O–H groups in total. The van der Waals surface area contributed by atoms with Crippen LogP contribution in [0.2, 0.25) is 0 Å². The highest BCUT2D eigenvalue weighted by Crippen LogP contribution is 2.26. The molecule has 180 valence electrons. The lowest BCUT2D eigenvalue weighted by atomic mass is 10.1. The van der Waals surface area contributed by atoms with Gasteiger partial charge in [0, 0.05) is 10.6 Å². The first-order valence-electron chi connectivity index (χ1n) is 10.8. The van der Waals surface area contributed by atoms with Crippen molar-refractivity contribution < 1.29 is 14.2 Å². The van der Waals surface area contributed by atoms with Crippen LogP contribution in [-0.4, -0.2) is 43.5 Å². The second kappa shape index (κ2) is 10.8. The summed E-state index contributed by atoms with van der Waals surface area (Å²) >= 11 is 1.51. The van der Waals surface area contributed by atoms with Gasteiger partial charge < -0.3 is 10.5 Å². The number of carbonyl (C=O) groups excluding carboxylic acids is 1. The van der Waals surface area contributed by atoms with Gasteiger partial charge in [0.15, 0.2) is 5.69 Å². The van der Waals surface area contributed by atoms with Crippen molar-refractivity contribution in [3.63, 3.8) is 0 Å². The van der Waals surface area contributed by atoms with Crippen molar-refractivity contribution in [1.82, 2.24) is 30.7 Å². The van der Waals surface area contributed by atoms with Gasteiger partial charge in [-0.25, -0.2) is 10.1 Å². The van der Waals surface area contributed by atoms with Crippen LogP contribution >= 0.6 is 11.8 Å². The van der Waals surface area contributed by atoms with Gasteiger partial charge in [0.25, 0.3) is 5.91 Å². The molecule has 0 aliphatic heterocycles. The summed E-state index contributed by atoms with van der Waals surface area (Å²) in [4.78, 5) is 14.0. The van der Waals surface area contributed by atoms with E-state index >= 15 is 0 Å². The number of nitrogens with two attached hydrogens (primary N) is 1. The number of rotatable bonds is 9. The molecule has 0 radical (unpaired) electrons. The topological polar surface area (TPSA) is 146 Å². The Balaban J connectivity index is 1.56.